The summed E-state index contributed by atoms with van der Waals surface area (Å²) in [5, 5.41) is 9.77. The van der Waals surface area contributed by atoms with Crippen LogP contribution in [0.5, 0.6) is 0 Å². The predicted octanol–water partition coefficient (Wildman–Crippen LogP) is 0.503. The van der Waals surface area contributed by atoms with E-state index in [1.165, 1.54) is 6.26 Å². The molecule has 0 bridgehead atoms. The molecular formula is C12H26N2O3S. The van der Waals surface area contributed by atoms with Crippen molar-refractivity contribution < 1.29 is 13.5 Å². The first kappa shape index (κ1) is 15.9. The van der Waals surface area contributed by atoms with Crippen LogP contribution >= 0.6 is 0 Å². The van der Waals surface area contributed by atoms with E-state index in [0.29, 0.717) is 13.1 Å². The Bertz CT molecular complexity index is 354. The lowest BCUT2D eigenvalue weighted by atomic mass is 10.0. The number of hydrogen-bond acceptors (Lipinski definition) is 4. The number of β-amino-alcohol motifs (C(OH)–C–C–N with tert-alkyl or cyclic N) is 1. The normalized spacial score (nSPS) is 20.6. The number of sulfonamides is 1. The van der Waals surface area contributed by atoms with Crippen molar-refractivity contribution in [1.82, 2.24) is 9.21 Å². The van der Waals surface area contributed by atoms with Gasteiger partial charge in [-0.05, 0) is 39.8 Å². The Balaban J connectivity index is 2.53. The number of piperidine rings is 1. The highest BCUT2D eigenvalue weighted by atomic mass is 32.2. The Labute approximate surface area is 111 Å². The van der Waals surface area contributed by atoms with E-state index in [1.807, 2.05) is 6.92 Å². The molecule has 0 aromatic rings. The fourth-order valence-electron chi connectivity index (χ4n) is 2.68. The summed E-state index contributed by atoms with van der Waals surface area (Å²) in [6.07, 6.45) is 2.97. The monoisotopic (exact) mass is 278 g/mol. The van der Waals surface area contributed by atoms with Gasteiger partial charge in [-0.3, -0.25) is 0 Å². The summed E-state index contributed by atoms with van der Waals surface area (Å²) in [6.45, 7) is 8.35. The molecule has 1 N–H and O–H groups in total. The quantitative estimate of drug-likeness (QED) is 0.796. The van der Waals surface area contributed by atoms with Gasteiger partial charge >= 0.3 is 0 Å². The van der Waals surface area contributed by atoms with E-state index in [4.69, 9.17) is 0 Å². The lowest BCUT2D eigenvalue weighted by molar-refractivity contribution is 0.0233. The summed E-state index contributed by atoms with van der Waals surface area (Å²) < 4.78 is 24.9. The highest BCUT2D eigenvalue weighted by Gasteiger charge is 2.30. The van der Waals surface area contributed by atoms with Gasteiger partial charge in [0.2, 0.25) is 10.0 Å². The average molecular weight is 278 g/mol. The lowest BCUT2D eigenvalue weighted by Crippen LogP contribution is -2.49. The van der Waals surface area contributed by atoms with Gasteiger partial charge < -0.3 is 10.0 Å². The highest BCUT2D eigenvalue weighted by Crippen LogP contribution is 2.20. The smallest absolute Gasteiger partial charge is 0.211 e. The first-order valence-corrected chi connectivity index (χ1v) is 8.40. The maximum atomic E-state index is 11.6. The summed E-state index contributed by atoms with van der Waals surface area (Å²) in [5.74, 6) is 0. The minimum atomic E-state index is -3.10. The summed E-state index contributed by atoms with van der Waals surface area (Å²) in [7, 11) is -3.10. The summed E-state index contributed by atoms with van der Waals surface area (Å²) >= 11 is 0. The Morgan fingerprint density at radius 3 is 2.17 bits per heavy atom. The van der Waals surface area contributed by atoms with E-state index in [-0.39, 0.29) is 6.04 Å². The van der Waals surface area contributed by atoms with Gasteiger partial charge in [0.25, 0.3) is 0 Å². The summed E-state index contributed by atoms with van der Waals surface area (Å²) in [6, 6.07) is 0.114. The first-order valence-electron chi connectivity index (χ1n) is 6.55. The van der Waals surface area contributed by atoms with Crippen molar-refractivity contribution in [3.8, 4) is 0 Å². The number of aliphatic hydroxyl groups is 1. The maximum Gasteiger partial charge on any atom is 0.211 e. The van der Waals surface area contributed by atoms with E-state index in [0.717, 1.165) is 25.9 Å². The molecule has 0 spiro atoms. The molecule has 0 amide bonds. The van der Waals surface area contributed by atoms with Crippen LogP contribution in [0.25, 0.3) is 0 Å². The second-order valence-corrected chi connectivity index (χ2v) is 7.72. The average Bonchev–Trinajstić information content (AvgIpc) is 2.17. The van der Waals surface area contributed by atoms with Crippen molar-refractivity contribution >= 4 is 10.0 Å². The van der Waals surface area contributed by atoms with Crippen LogP contribution in [0.3, 0.4) is 0 Å². The van der Waals surface area contributed by atoms with Gasteiger partial charge in [-0.15, -0.1) is 0 Å². The van der Waals surface area contributed by atoms with Crippen LogP contribution in [0.1, 0.15) is 33.6 Å². The van der Waals surface area contributed by atoms with Crippen LogP contribution < -0.4 is 0 Å². The van der Waals surface area contributed by atoms with Crippen molar-refractivity contribution in [2.45, 2.75) is 45.3 Å². The van der Waals surface area contributed by atoms with Crippen LogP contribution in [-0.2, 0) is 10.0 Å². The second-order valence-electron chi connectivity index (χ2n) is 5.79. The minimum absolute atomic E-state index is 0.114. The molecule has 0 saturated carbocycles. The fourth-order valence-corrected chi connectivity index (χ4v) is 3.90. The zero-order valence-electron chi connectivity index (χ0n) is 11.9. The van der Waals surface area contributed by atoms with Gasteiger partial charge in [0.15, 0.2) is 0 Å². The first-order chi connectivity index (χ1) is 8.13. The van der Waals surface area contributed by atoms with Crippen LogP contribution in [0.2, 0.25) is 0 Å². The van der Waals surface area contributed by atoms with E-state index >= 15 is 0 Å². The zero-order chi connectivity index (χ0) is 14.0. The third-order valence-electron chi connectivity index (χ3n) is 3.31. The molecule has 6 heteroatoms. The van der Waals surface area contributed by atoms with E-state index in [1.54, 1.807) is 18.2 Å². The fraction of sp³-hybridized carbons (Fsp3) is 1.00. The van der Waals surface area contributed by atoms with Crippen LogP contribution in [0.15, 0.2) is 0 Å². The van der Waals surface area contributed by atoms with E-state index < -0.39 is 15.6 Å². The van der Waals surface area contributed by atoms with Gasteiger partial charge in [0.1, 0.15) is 0 Å². The molecule has 0 aliphatic carbocycles. The van der Waals surface area contributed by atoms with Gasteiger partial charge in [-0.1, -0.05) is 6.92 Å². The molecule has 0 aromatic carbocycles. The van der Waals surface area contributed by atoms with Crippen molar-refractivity contribution in [2.24, 2.45) is 0 Å². The van der Waals surface area contributed by atoms with Crippen LogP contribution in [0.4, 0.5) is 0 Å². The molecule has 1 aliphatic heterocycles. The number of nitrogens with zero attached hydrogens (tertiary/aromatic N) is 2. The van der Waals surface area contributed by atoms with Crippen LogP contribution in [-0.4, -0.2) is 66.8 Å². The van der Waals surface area contributed by atoms with Gasteiger partial charge in [-0.25, -0.2) is 8.42 Å². The Hall–Kier alpha value is -0.170. The molecule has 1 aliphatic rings. The maximum absolute atomic E-state index is 11.6. The molecule has 1 saturated heterocycles. The predicted molar refractivity (Wildman–Crippen MR) is 73.0 cm³/mol. The molecule has 0 radical (unpaired) electrons. The molecule has 0 unspecified atom stereocenters. The molecule has 18 heavy (non-hydrogen) atoms. The molecule has 1 heterocycles. The molecule has 1 rings (SSSR count). The van der Waals surface area contributed by atoms with E-state index in [9.17, 15) is 13.5 Å². The van der Waals surface area contributed by atoms with Gasteiger partial charge in [0.05, 0.1) is 11.9 Å². The van der Waals surface area contributed by atoms with Crippen molar-refractivity contribution in [2.75, 3.05) is 32.4 Å². The third kappa shape index (κ3) is 4.84. The second kappa shape index (κ2) is 5.86. The molecule has 0 atom stereocenters. The standard InChI is InChI=1S/C12H26N2O3S/c1-5-14(18(4,16)17)11-6-8-13(9-7-11)10-12(2,3)15/h11,15H,5-10H2,1-4H3. The van der Waals surface area contributed by atoms with Crippen LogP contribution in [0, 0.1) is 0 Å². The third-order valence-corrected chi connectivity index (χ3v) is 4.72. The number of likely N-dealkylation sites (tertiary alicyclic amines) is 1. The molecular weight excluding hydrogens is 252 g/mol. The minimum Gasteiger partial charge on any atom is -0.389 e. The lowest BCUT2D eigenvalue weighted by Gasteiger charge is -2.38. The molecule has 0 aromatic heterocycles. The molecule has 108 valence electrons. The summed E-state index contributed by atoms with van der Waals surface area (Å²) in [5.41, 5.74) is -0.686. The Kier molecular flexibility index (Phi) is 5.17. The van der Waals surface area contributed by atoms with Crippen molar-refractivity contribution in [1.29, 1.82) is 0 Å². The molecule has 5 nitrogen and oxygen atoms in total. The van der Waals surface area contributed by atoms with Crippen molar-refractivity contribution in [3.63, 3.8) is 0 Å². The van der Waals surface area contributed by atoms with Gasteiger partial charge in [0, 0.05) is 19.1 Å². The Morgan fingerprint density at radius 1 is 1.33 bits per heavy atom. The zero-order valence-corrected chi connectivity index (χ0v) is 12.7. The SMILES string of the molecule is CCN(C1CCN(CC(C)(C)O)CC1)S(C)(=O)=O. The number of hydrogen-bond donors (Lipinski definition) is 1. The number of rotatable bonds is 5. The van der Waals surface area contributed by atoms with E-state index in [2.05, 4.69) is 4.90 Å². The topological polar surface area (TPSA) is 60.9 Å². The summed E-state index contributed by atoms with van der Waals surface area (Å²) in [4.78, 5) is 2.20. The van der Waals surface area contributed by atoms with Crippen molar-refractivity contribution in [3.05, 3.63) is 0 Å². The highest BCUT2D eigenvalue weighted by molar-refractivity contribution is 7.88. The Morgan fingerprint density at radius 2 is 1.83 bits per heavy atom. The molecule has 1 fully saturated rings. The van der Waals surface area contributed by atoms with Gasteiger partial charge in [-0.2, -0.15) is 4.31 Å². The largest absolute Gasteiger partial charge is 0.389 e.